The first kappa shape index (κ1) is 19.5. The highest BCUT2D eigenvalue weighted by molar-refractivity contribution is 14.1. The van der Waals surface area contributed by atoms with Gasteiger partial charge < -0.3 is 5.32 Å². The molecule has 0 aliphatic carbocycles. The van der Waals surface area contributed by atoms with Gasteiger partial charge in [-0.15, -0.1) is 0 Å². The number of carbonyl (C=O) groups is 1. The fraction of sp³-hybridized carbons (Fsp3) is 0.0500. The number of halogens is 1. The fourth-order valence-electron chi connectivity index (χ4n) is 2.44. The lowest BCUT2D eigenvalue weighted by atomic mass is 10.1. The summed E-state index contributed by atoms with van der Waals surface area (Å²) in [6.07, 6.45) is 0. The molecule has 0 spiro atoms. The van der Waals surface area contributed by atoms with Crippen molar-refractivity contribution in [1.82, 2.24) is 4.72 Å². The maximum Gasteiger partial charge on any atom is 0.241 e. The van der Waals surface area contributed by atoms with Crippen molar-refractivity contribution in [2.45, 2.75) is 4.90 Å². The van der Waals surface area contributed by atoms with Crippen molar-refractivity contribution in [2.75, 3.05) is 11.9 Å². The minimum Gasteiger partial charge on any atom is -0.325 e. The van der Waals surface area contributed by atoms with E-state index in [1.54, 1.807) is 24.3 Å². The predicted molar refractivity (Wildman–Crippen MR) is 115 cm³/mol. The van der Waals surface area contributed by atoms with Gasteiger partial charge in [-0.2, -0.15) is 0 Å². The van der Waals surface area contributed by atoms with Crippen LogP contribution in [0.25, 0.3) is 11.1 Å². The second-order valence-electron chi connectivity index (χ2n) is 5.77. The highest BCUT2D eigenvalue weighted by atomic mass is 127. The first-order valence-corrected chi connectivity index (χ1v) is 10.7. The van der Waals surface area contributed by atoms with Gasteiger partial charge in [0.1, 0.15) is 0 Å². The third-order valence-corrected chi connectivity index (χ3v) is 5.96. The summed E-state index contributed by atoms with van der Waals surface area (Å²) in [5, 5.41) is 2.69. The fourth-order valence-corrected chi connectivity index (χ4v) is 3.78. The number of amides is 1. The van der Waals surface area contributed by atoms with Crippen molar-refractivity contribution in [3.8, 4) is 11.1 Å². The molecule has 1 amide bonds. The molecule has 0 heterocycles. The zero-order valence-electron chi connectivity index (χ0n) is 14.2. The summed E-state index contributed by atoms with van der Waals surface area (Å²) < 4.78 is 27.7. The van der Waals surface area contributed by atoms with Gasteiger partial charge in [-0.25, -0.2) is 13.1 Å². The van der Waals surface area contributed by atoms with E-state index in [0.29, 0.717) is 5.69 Å². The molecular formula is C20H17IN2O3S. The van der Waals surface area contributed by atoms with Crippen LogP contribution < -0.4 is 10.0 Å². The molecule has 0 atom stereocenters. The monoisotopic (exact) mass is 492 g/mol. The van der Waals surface area contributed by atoms with E-state index in [1.165, 1.54) is 12.1 Å². The third kappa shape index (κ3) is 5.38. The minimum absolute atomic E-state index is 0.128. The molecule has 0 aliphatic rings. The summed E-state index contributed by atoms with van der Waals surface area (Å²) in [6.45, 7) is -0.339. The van der Waals surface area contributed by atoms with Crippen LogP contribution in [-0.4, -0.2) is 20.9 Å². The van der Waals surface area contributed by atoms with Crippen LogP contribution in [0, 0.1) is 3.57 Å². The summed E-state index contributed by atoms with van der Waals surface area (Å²) in [7, 11) is -3.72. The van der Waals surface area contributed by atoms with Crippen molar-refractivity contribution in [2.24, 2.45) is 0 Å². The maximum absolute atomic E-state index is 12.2. The smallest absolute Gasteiger partial charge is 0.241 e. The number of anilines is 1. The number of carbonyl (C=O) groups excluding carboxylic acids is 1. The molecule has 0 fully saturated rings. The Balaban J connectivity index is 1.58. The zero-order chi connectivity index (χ0) is 19.3. The Hall–Kier alpha value is -2.23. The van der Waals surface area contributed by atoms with E-state index in [-0.39, 0.29) is 11.4 Å². The summed E-state index contributed by atoms with van der Waals surface area (Å²) in [5.41, 5.74) is 2.72. The molecule has 5 nitrogen and oxygen atoms in total. The molecule has 0 saturated heterocycles. The van der Waals surface area contributed by atoms with Crippen LogP contribution in [0.5, 0.6) is 0 Å². The van der Waals surface area contributed by atoms with E-state index in [9.17, 15) is 13.2 Å². The molecule has 138 valence electrons. The zero-order valence-corrected chi connectivity index (χ0v) is 17.2. The molecule has 2 N–H and O–H groups in total. The highest BCUT2D eigenvalue weighted by Gasteiger charge is 2.15. The van der Waals surface area contributed by atoms with Gasteiger partial charge in [-0.05, 0) is 70.1 Å². The van der Waals surface area contributed by atoms with Gasteiger partial charge in [0.2, 0.25) is 15.9 Å². The topological polar surface area (TPSA) is 75.3 Å². The standard InChI is InChI=1S/C20H17IN2O3S/c21-17-8-12-19(13-9-17)27(25,26)22-14-20(24)23-18-10-6-16(7-11-18)15-4-2-1-3-5-15/h1-13,22H,14H2,(H,23,24). The highest BCUT2D eigenvalue weighted by Crippen LogP contribution is 2.21. The van der Waals surface area contributed by atoms with Crippen molar-refractivity contribution < 1.29 is 13.2 Å². The maximum atomic E-state index is 12.2. The minimum atomic E-state index is -3.72. The van der Waals surface area contributed by atoms with Crippen molar-refractivity contribution >= 4 is 44.2 Å². The Morgan fingerprint density at radius 3 is 2.04 bits per heavy atom. The molecule has 27 heavy (non-hydrogen) atoms. The summed E-state index contributed by atoms with van der Waals surface area (Å²) in [4.78, 5) is 12.2. The van der Waals surface area contributed by atoms with E-state index < -0.39 is 15.9 Å². The summed E-state index contributed by atoms with van der Waals surface area (Å²) >= 11 is 2.10. The quantitative estimate of drug-likeness (QED) is 0.513. The summed E-state index contributed by atoms with van der Waals surface area (Å²) in [6, 6.07) is 23.7. The summed E-state index contributed by atoms with van der Waals surface area (Å²) in [5.74, 6) is -0.434. The average molecular weight is 492 g/mol. The van der Waals surface area contributed by atoms with E-state index >= 15 is 0 Å². The number of rotatable bonds is 6. The van der Waals surface area contributed by atoms with E-state index in [2.05, 4.69) is 32.6 Å². The second kappa shape index (κ2) is 8.64. The van der Waals surface area contributed by atoms with Crippen LogP contribution in [0.1, 0.15) is 0 Å². The van der Waals surface area contributed by atoms with Crippen LogP contribution in [0.4, 0.5) is 5.69 Å². The number of benzene rings is 3. The predicted octanol–water partition coefficient (Wildman–Crippen LogP) is 3.88. The Morgan fingerprint density at radius 2 is 1.41 bits per heavy atom. The van der Waals surface area contributed by atoms with Gasteiger partial charge in [-0.3, -0.25) is 4.79 Å². The van der Waals surface area contributed by atoms with Gasteiger partial charge in [0.25, 0.3) is 0 Å². The van der Waals surface area contributed by atoms with Gasteiger partial charge in [0.05, 0.1) is 11.4 Å². The van der Waals surface area contributed by atoms with Gasteiger partial charge in [0.15, 0.2) is 0 Å². The Labute approximate surface area is 172 Å². The third-order valence-electron chi connectivity index (χ3n) is 3.82. The Bertz CT molecular complexity index is 1020. The normalized spacial score (nSPS) is 11.1. The Morgan fingerprint density at radius 1 is 0.815 bits per heavy atom. The first-order valence-electron chi connectivity index (χ1n) is 8.15. The second-order valence-corrected chi connectivity index (χ2v) is 8.78. The lowest BCUT2D eigenvalue weighted by molar-refractivity contribution is -0.115. The van der Waals surface area contributed by atoms with Crippen molar-refractivity contribution in [3.05, 3.63) is 82.4 Å². The van der Waals surface area contributed by atoms with Gasteiger partial charge >= 0.3 is 0 Å². The molecule has 7 heteroatoms. The molecule has 0 aromatic heterocycles. The molecule has 0 aliphatic heterocycles. The van der Waals surface area contributed by atoms with Gasteiger partial charge in [0, 0.05) is 9.26 Å². The van der Waals surface area contributed by atoms with E-state index in [1.807, 2.05) is 42.5 Å². The number of hydrogen-bond donors (Lipinski definition) is 2. The Kier molecular flexibility index (Phi) is 6.25. The van der Waals surface area contributed by atoms with Crippen LogP contribution >= 0.6 is 22.6 Å². The van der Waals surface area contributed by atoms with Crippen LogP contribution in [0.15, 0.2) is 83.8 Å². The lowest BCUT2D eigenvalue weighted by Gasteiger charge is -2.09. The lowest BCUT2D eigenvalue weighted by Crippen LogP contribution is -2.32. The molecule has 0 unspecified atom stereocenters. The molecule has 3 aromatic carbocycles. The molecule has 3 aromatic rings. The number of hydrogen-bond acceptors (Lipinski definition) is 3. The molecule has 0 saturated carbocycles. The van der Waals surface area contributed by atoms with Crippen LogP contribution in [-0.2, 0) is 14.8 Å². The van der Waals surface area contributed by atoms with Crippen molar-refractivity contribution in [3.63, 3.8) is 0 Å². The van der Waals surface area contributed by atoms with E-state index in [0.717, 1.165) is 14.7 Å². The largest absolute Gasteiger partial charge is 0.325 e. The molecule has 3 rings (SSSR count). The van der Waals surface area contributed by atoms with Gasteiger partial charge in [-0.1, -0.05) is 42.5 Å². The van der Waals surface area contributed by atoms with Crippen LogP contribution in [0.3, 0.4) is 0 Å². The van der Waals surface area contributed by atoms with Crippen LogP contribution in [0.2, 0.25) is 0 Å². The molecular weight excluding hydrogens is 475 g/mol. The first-order chi connectivity index (χ1) is 12.9. The number of nitrogens with one attached hydrogen (secondary N) is 2. The van der Waals surface area contributed by atoms with E-state index in [4.69, 9.17) is 0 Å². The molecule has 0 radical (unpaired) electrons. The molecule has 0 bridgehead atoms. The number of sulfonamides is 1. The SMILES string of the molecule is O=C(CNS(=O)(=O)c1ccc(I)cc1)Nc1ccc(-c2ccccc2)cc1. The van der Waals surface area contributed by atoms with Crippen molar-refractivity contribution in [1.29, 1.82) is 0 Å². The average Bonchev–Trinajstić information content (AvgIpc) is 2.68.